The van der Waals surface area contributed by atoms with Gasteiger partial charge in [-0.25, -0.2) is 0 Å². The van der Waals surface area contributed by atoms with Gasteiger partial charge in [0.2, 0.25) is 0 Å². The molecule has 2 nitrogen and oxygen atoms in total. The summed E-state index contributed by atoms with van der Waals surface area (Å²) in [6, 6.07) is 0. The van der Waals surface area contributed by atoms with Crippen LogP contribution in [0.5, 0.6) is 0 Å². The van der Waals surface area contributed by atoms with Crippen LogP contribution < -0.4 is 0 Å². The van der Waals surface area contributed by atoms with E-state index in [-0.39, 0.29) is 20.1 Å². The highest BCUT2D eigenvalue weighted by atomic mass is 32.1. The molecular formula is C5H16NOS+. The van der Waals surface area contributed by atoms with Crippen molar-refractivity contribution in [3.63, 3.8) is 0 Å². The minimum Gasteiger partial charge on any atom is -0.391 e. The number of aliphatic hydroxyl groups excluding tert-OH is 1. The van der Waals surface area contributed by atoms with Crippen LogP contribution in [-0.2, 0) is 0 Å². The average molecular weight is 138 g/mol. The van der Waals surface area contributed by atoms with Crippen LogP contribution in [0.15, 0.2) is 0 Å². The molecule has 0 aromatic carbocycles. The smallest absolute Gasteiger partial charge is 0.101 e. The zero-order valence-corrected chi connectivity index (χ0v) is 6.81. The Hall–Kier alpha value is 0.270. The van der Waals surface area contributed by atoms with E-state index in [4.69, 9.17) is 5.11 Å². The molecular weight excluding hydrogens is 122 g/mol. The first-order chi connectivity index (χ1) is 3.06. The van der Waals surface area contributed by atoms with Crippen LogP contribution in [0.25, 0.3) is 0 Å². The number of quaternary nitrogens is 1. The number of hydrogen-bond acceptors (Lipinski definition) is 1. The largest absolute Gasteiger partial charge is 0.391 e. The van der Waals surface area contributed by atoms with E-state index < -0.39 is 0 Å². The van der Waals surface area contributed by atoms with Gasteiger partial charge < -0.3 is 9.59 Å². The Labute approximate surface area is 58.2 Å². The minimum atomic E-state index is 0. The molecule has 0 aromatic rings. The van der Waals surface area contributed by atoms with Crippen molar-refractivity contribution in [2.45, 2.75) is 0 Å². The van der Waals surface area contributed by atoms with Crippen molar-refractivity contribution in [1.82, 2.24) is 0 Å². The first-order valence-corrected chi connectivity index (χ1v) is 2.47. The molecule has 0 unspecified atom stereocenters. The second-order valence-electron chi connectivity index (χ2n) is 2.74. The first-order valence-electron chi connectivity index (χ1n) is 2.47. The Morgan fingerprint density at radius 3 is 1.62 bits per heavy atom. The van der Waals surface area contributed by atoms with Crippen molar-refractivity contribution in [1.29, 1.82) is 0 Å². The van der Waals surface area contributed by atoms with Crippen LogP contribution in [0.2, 0.25) is 0 Å². The molecule has 1 N–H and O–H groups in total. The summed E-state index contributed by atoms with van der Waals surface area (Å²) >= 11 is 0. The molecule has 0 bridgehead atoms. The molecule has 0 saturated heterocycles. The molecule has 8 heavy (non-hydrogen) atoms. The Morgan fingerprint density at radius 2 is 1.62 bits per heavy atom. The molecule has 0 aromatic heterocycles. The van der Waals surface area contributed by atoms with Crippen LogP contribution in [0.4, 0.5) is 0 Å². The zero-order valence-electron chi connectivity index (χ0n) is 5.81. The summed E-state index contributed by atoms with van der Waals surface area (Å²) in [5.74, 6) is 0. The Bertz CT molecular complexity index is 50.9. The van der Waals surface area contributed by atoms with Crippen molar-refractivity contribution in [2.24, 2.45) is 0 Å². The maximum Gasteiger partial charge on any atom is 0.101 e. The van der Waals surface area contributed by atoms with Gasteiger partial charge in [0, 0.05) is 0 Å². The summed E-state index contributed by atoms with van der Waals surface area (Å²) in [6.07, 6.45) is 0. The maximum atomic E-state index is 8.39. The van der Waals surface area contributed by atoms with Crippen LogP contribution in [0.1, 0.15) is 0 Å². The second kappa shape index (κ2) is 4.18. The fourth-order valence-corrected chi connectivity index (χ4v) is 0.300. The predicted octanol–water partition coefficient (Wildman–Crippen LogP) is -0.202. The molecule has 0 fully saturated rings. The first kappa shape index (κ1) is 11.1. The lowest BCUT2D eigenvalue weighted by Gasteiger charge is -2.21. The summed E-state index contributed by atoms with van der Waals surface area (Å²) in [5, 5.41) is 8.39. The highest BCUT2D eigenvalue weighted by Crippen LogP contribution is 1.84. The highest BCUT2D eigenvalue weighted by Gasteiger charge is 2.02. The minimum absolute atomic E-state index is 0. The molecule has 0 radical (unpaired) electrons. The fraction of sp³-hybridized carbons (Fsp3) is 1.00. The average Bonchev–Trinajstić information content (AvgIpc) is 1.30. The molecule has 0 aliphatic carbocycles. The van der Waals surface area contributed by atoms with E-state index in [9.17, 15) is 0 Å². The molecule has 0 spiro atoms. The molecule has 0 amide bonds. The van der Waals surface area contributed by atoms with Gasteiger partial charge in [0.15, 0.2) is 0 Å². The third-order valence-electron chi connectivity index (χ3n) is 0.771. The zero-order chi connectivity index (χ0) is 5.91. The van der Waals surface area contributed by atoms with Crippen LogP contribution >= 0.6 is 13.5 Å². The van der Waals surface area contributed by atoms with Crippen molar-refractivity contribution in [3.05, 3.63) is 0 Å². The van der Waals surface area contributed by atoms with Gasteiger partial charge in [-0.3, -0.25) is 0 Å². The number of aliphatic hydroxyl groups is 1. The van der Waals surface area contributed by atoms with Crippen molar-refractivity contribution >= 4 is 13.5 Å². The summed E-state index contributed by atoms with van der Waals surface area (Å²) in [7, 11) is 6.16. The monoisotopic (exact) mass is 138 g/mol. The maximum absolute atomic E-state index is 8.39. The molecule has 0 aliphatic heterocycles. The van der Waals surface area contributed by atoms with E-state index in [0.29, 0.717) is 0 Å². The Balaban J connectivity index is 0. The van der Waals surface area contributed by atoms with Crippen molar-refractivity contribution < 1.29 is 9.59 Å². The van der Waals surface area contributed by atoms with Gasteiger partial charge in [-0.15, -0.1) is 0 Å². The quantitative estimate of drug-likeness (QED) is 0.524. The fourth-order valence-electron chi connectivity index (χ4n) is 0.300. The molecule has 0 saturated carbocycles. The SMILES string of the molecule is C[N+](C)(C)CCO.S. The van der Waals surface area contributed by atoms with Gasteiger partial charge in [-0.2, -0.15) is 13.5 Å². The van der Waals surface area contributed by atoms with E-state index in [0.717, 1.165) is 11.0 Å². The van der Waals surface area contributed by atoms with E-state index in [1.54, 1.807) is 0 Å². The van der Waals surface area contributed by atoms with Gasteiger partial charge in [0.25, 0.3) is 0 Å². The number of rotatable bonds is 2. The topological polar surface area (TPSA) is 20.2 Å². The van der Waals surface area contributed by atoms with E-state index in [1.165, 1.54) is 0 Å². The number of nitrogens with zero attached hydrogens (tertiary/aromatic N) is 1. The number of hydrogen-bond donors (Lipinski definition) is 1. The highest BCUT2D eigenvalue weighted by molar-refractivity contribution is 7.59. The third kappa shape index (κ3) is 9.55. The third-order valence-corrected chi connectivity index (χ3v) is 0.771. The lowest BCUT2D eigenvalue weighted by atomic mass is 10.5. The van der Waals surface area contributed by atoms with Gasteiger partial charge in [-0.1, -0.05) is 0 Å². The van der Waals surface area contributed by atoms with Crippen LogP contribution in [-0.4, -0.2) is 43.9 Å². The van der Waals surface area contributed by atoms with Crippen LogP contribution in [0.3, 0.4) is 0 Å². The molecule has 0 heterocycles. The van der Waals surface area contributed by atoms with E-state index >= 15 is 0 Å². The predicted molar refractivity (Wildman–Crippen MR) is 40.4 cm³/mol. The van der Waals surface area contributed by atoms with Crippen LogP contribution in [0, 0.1) is 0 Å². The summed E-state index contributed by atoms with van der Waals surface area (Å²) in [6.45, 7) is 1.11. The van der Waals surface area contributed by atoms with Gasteiger partial charge >= 0.3 is 0 Å². The molecule has 52 valence electrons. The molecule has 0 rings (SSSR count). The van der Waals surface area contributed by atoms with Crippen molar-refractivity contribution in [2.75, 3.05) is 34.3 Å². The Kier molecular flexibility index (Phi) is 5.81. The van der Waals surface area contributed by atoms with Gasteiger partial charge in [-0.05, 0) is 0 Å². The van der Waals surface area contributed by atoms with Gasteiger partial charge in [0.1, 0.15) is 6.54 Å². The lowest BCUT2D eigenvalue weighted by molar-refractivity contribution is -0.870. The van der Waals surface area contributed by atoms with E-state index in [1.807, 2.05) is 0 Å². The lowest BCUT2D eigenvalue weighted by Crippen LogP contribution is -2.36. The normalized spacial score (nSPS) is 10.5. The molecule has 0 aliphatic rings. The summed E-state index contributed by atoms with van der Waals surface area (Å²) in [4.78, 5) is 0. The second-order valence-corrected chi connectivity index (χ2v) is 2.74. The molecule has 3 heteroatoms. The number of likely N-dealkylation sites (N-methyl/N-ethyl adjacent to an activating group) is 1. The molecule has 0 atom stereocenters. The van der Waals surface area contributed by atoms with E-state index in [2.05, 4.69) is 21.1 Å². The summed E-state index contributed by atoms with van der Waals surface area (Å²) in [5.41, 5.74) is 0. The Morgan fingerprint density at radius 1 is 1.25 bits per heavy atom. The van der Waals surface area contributed by atoms with Gasteiger partial charge in [0.05, 0.1) is 27.7 Å². The summed E-state index contributed by atoms with van der Waals surface area (Å²) < 4.78 is 0.844. The standard InChI is InChI=1S/C5H14NO.H2S/c1-6(2,3)4-5-7;/h7H,4-5H2,1-3H3;1H2/q+1;. The van der Waals surface area contributed by atoms with Crippen molar-refractivity contribution in [3.8, 4) is 0 Å².